The molecule has 0 rings (SSSR count). The van der Waals surface area contributed by atoms with Gasteiger partial charge in [0.15, 0.2) is 0 Å². The smallest absolute Gasteiger partial charge is 0.387 e. The number of carbonyl (C=O) groups excluding carboxylic acids is 1. The average molecular weight is 873 g/mol. The number of nitrogens with two attached hydrogens (primary N) is 1. The molecule has 352 valence electrons. The lowest BCUT2D eigenvalue weighted by Crippen LogP contribution is -2.45. The van der Waals surface area contributed by atoms with Gasteiger partial charge in [-0.1, -0.05) is 202 Å². The molecule has 0 heterocycles. The van der Waals surface area contributed by atoms with Crippen LogP contribution in [0.2, 0.25) is 0 Å². The van der Waals surface area contributed by atoms with Gasteiger partial charge in [0.2, 0.25) is 5.91 Å². The van der Waals surface area contributed by atoms with Crippen molar-refractivity contribution in [2.75, 3.05) is 19.8 Å². The number of carbonyl (C=O) groups is 1. The maximum Gasteiger partial charge on any atom is 0.472 e. The van der Waals surface area contributed by atoms with E-state index in [2.05, 4.69) is 92.1 Å². The Morgan fingerprint density at radius 3 is 1.46 bits per heavy atom. The van der Waals surface area contributed by atoms with Crippen molar-refractivity contribution in [3.63, 3.8) is 0 Å². The molecule has 9 heteroatoms. The summed E-state index contributed by atoms with van der Waals surface area (Å²) >= 11 is 0. The summed E-state index contributed by atoms with van der Waals surface area (Å²) < 4.78 is 22.2. The molecule has 0 aromatic heterocycles. The highest BCUT2D eigenvalue weighted by Crippen LogP contribution is 2.43. The first kappa shape index (κ1) is 58.7. The Morgan fingerprint density at radius 1 is 0.557 bits per heavy atom. The van der Waals surface area contributed by atoms with Crippen molar-refractivity contribution in [2.24, 2.45) is 5.73 Å². The summed E-state index contributed by atoms with van der Waals surface area (Å²) in [4.78, 5) is 22.8. The number of amides is 1. The van der Waals surface area contributed by atoms with Crippen LogP contribution in [0.3, 0.4) is 0 Å². The predicted molar refractivity (Wildman–Crippen MR) is 263 cm³/mol. The third-order valence-corrected chi connectivity index (χ3v) is 11.4. The molecule has 0 aliphatic carbocycles. The van der Waals surface area contributed by atoms with Gasteiger partial charge in [0, 0.05) is 13.0 Å². The Morgan fingerprint density at radius 2 is 0.967 bits per heavy atom. The highest BCUT2D eigenvalue weighted by molar-refractivity contribution is 7.47. The number of unbranched alkanes of at least 4 members (excludes halogenated alkanes) is 21. The largest absolute Gasteiger partial charge is 0.472 e. The fourth-order valence-corrected chi connectivity index (χ4v) is 7.50. The van der Waals surface area contributed by atoms with Gasteiger partial charge in [0.05, 0.1) is 25.4 Å². The Labute approximate surface area is 375 Å². The maximum absolute atomic E-state index is 12.8. The Bertz CT molecular complexity index is 1230. The van der Waals surface area contributed by atoms with Crippen molar-refractivity contribution >= 4 is 13.7 Å². The number of hydrogen-bond acceptors (Lipinski definition) is 6. The highest BCUT2D eigenvalue weighted by atomic mass is 31.2. The van der Waals surface area contributed by atoms with Gasteiger partial charge in [-0.2, -0.15) is 0 Å². The zero-order valence-corrected chi connectivity index (χ0v) is 40.0. The number of aliphatic hydroxyl groups excluding tert-OH is 1. The first-order chi connectivity index (χ1) is 29.9. The summed E-state index contributed by atoms with van der Waals surface area (Å²) in [7, 11) is -4.36. The molecule has 0 bridgehead atoms. The van der Waals surface area contributed by atoms with Gasteiger partial charge in [-0.3, -0.25) is 13.8 Å². The number of phosphoric acid groups is 1. The third kappa shape index (κ3) is 45.5. The van der Waals surface area contributed by atoms with E-state index in [4.69, 9.17) is 14.8 Å². The monoisotopic (exact) mass is 873 g/mol. The fourth-order valence-electron chi connectivity index (χ4n) is 6.74. The van der Waals surface area contributed by atoms with E-state index in [0.29, 0.717) is 6.42 Å². The summed E-state index contributed by atoms with van der Waals surface area (Å²) in [6.45, 7) is 3.99. The molecule has 3 unspecified atom stereocenters. The lowest BCUT2D eigenvalue weighted by atomic mass is 10.0. The molecule has 0 spiro atoms. The van der Waals surface area contributed by atoms with Gasteiger partial charge in [-0.25, -0.2) is 4.57 Å². The molecule has 0 saturated heterocycles. The predicted octanol–water partition coefficient (Wildman–Crippen LogP) is 14.6. The molecule has 8 nitrogen and oxygen atoms in total. The van der Waals surface area contributed by atoms with Crippen LogP contribution in [0.4, 0.5) is 0 Å². The van der Waals surface area contributed by atoms with Crippen molar-refractivity contribution in [3.05, 3.63) is 85.1 Å². The molecule has 1 amide bonds. The second-order valence-corrected chi connectivity index (χ2v) is 17.7. The zero-order chi connectivity index (χ0) is 44.6. The summed E-state index contributed by atoms with van der Waals surface area (Å²) in [5, 5.41) is 13.7. The first-order valence-corrected chi connectivity index (χ1v) is 26.2. The lowest BCUT2D eigenvalue weighted by molar-refractivity contribution is -0.123. The molecule has 0 aliphatic rings. The van der Waals surface area contributed by atoms with Crippen LogP contribution in [0, 0.1) is 0 Å². The van der Waals surface area contributed by atoms with Crippen LogP contribution >= 0.6 is 7.82 Å². The van der Waals surface area contributed by atoms with E-state index in [1.54, 1.807) is 6.08 Å². The van der Waals surface area contributed by atoms with E-state index in [-0.39, 0.29) is 25.7 Å². The minimum Gasteiger partial charge on any atom is -0.387 e. The summed E-state index contributed by atoms with van der Waals surface area (Å²) in [5.41, 5.74) is 5.38. The number of phosphoric ester groups is 1. The van der Waals surface area contributed by atoms with Crippen LogP contribution in [-0.2, 0) is 18.4 Å². The third-order valence-electron chi connectivity index (χ3n) is 10.4. The van der Waals surface area contributed by atoms with Crippen LogP contribution in [0.15, 0.2) is 85.1 Å². The summed E-state index contributed by atoms with van der Waals surface area (Å²) in [6, 6.07) is -0.891. The van der Waals surface area contributed by atoms with Gasteiger partial charge >= 0.3 is 7.82 Å². The average Bonchev–Trinajstić information content (AvgIpc) is 3.25. The molecule has 61 heavy (non-hydrogen) atoms. The minimum atomic E-state index is -4.36. The lowest BCUT2D eigenvalue weighted by Gasteiger charge is -2.23. The van der Waals surface area contributed by atoms with E-state index in [0.717, 1.165) is 77.0 Å². The summed E-state index contributed by atoms with van der Waals surface area (Å²) in [5.74, 6) is -0.216. The number of aliphatic hydroxyl groups is 1. The number of nitrogens with one attached hydrogen (secondary N) is 1. The van der Waals surface area contributed by atoms with Gasteiger partial charge < -0.3 is 21.1 Å². The van der Waals surface area contributed by atoms with E-state index in [1.165, 1.54) is 109 Å². The first-order valence-electron chi connectivity index (χ1n) is 24.7. The van der Waals surface area contributed by atoms with Crippen LogP contribution in [0.1, 0.15) is 206 Å². The van der Waals surface area contributed by atoms with Crippen molar-refractivity contribution < 1.29 is 28.4 Å². The molecule has 0 fully saturated rings. The molecule has 0 saturated carbocycles. The zero-order valence-electron chi connectivity index (χ0n) is 39.1. The van der Waals surface area contributed by atoms with Crippen LogP contribution < -0.4 is 11.1 Å². The van der Waals surface area contributed by atoms with Crippen LogP contribution in [0.25, 0.3) is 0 Å². The standard InChI is InChI=1S/C52H93N2O6P/c1-3-5-7-9-11-13-15-17-19-21-23-24-25-26-28-30-32-34-36-38-40-42-44-46-52(56)54-50(49-60-61(57,58)59-48-47-53)51(55)45-43-41-39-37-35-33-31-29-27-22-20-18-16-14-12-10-8-6-4-2/h5,7,11,13,17,19,23-24,27,29,35,37,43,45,50-51,55H,3-4,6,8-10,12,14-16,18,20-22,25-26,28,30-34,36,38-42,44,46-49,53H2,1-2H3,(H,54,56)(H,57,58)/b7-5-,13-11-,19-17-,24-23-,29-27+,37-35+,45-43+. The topological polar surface area (TPSA) is 131 Å². The summed E-state index contributed by atoms with van der Waals surface area (Å²) in [6.07, 6.45) is 63.6. The van der Waals surface area contributed by atoms with E-state index >= 15 is 0 Å². The SMILES string of the molecule is CC/C=C\C/C=C\C/C=C\C/C=C\CCCCCCCCCCCCC(=O)NC(COP(=O)(O)OCCN)C(O)/C=C/CC/C=C/CC/C=C/CCCCCCCCCCC. The molecule has 0 radical (unpaired) electrons. The van der Waals surface area contributed by atoms with Crippen molar-refractivity contribution in [2.45, 2.75) is 219 Å². The Hall–Kier alpha value is -2.32. The normalized spacial score (nSPS) is 14.6. The van der Waals surface area contributed by atoms with Crippen molar-refractivity contribution in [3.8, 4) is 0 Å². The second-order valence-electron chi connectivity index (χ2n) is 16.3. The fraction of sp³-hybridized carbons (Fsp3) is 0.712. The maximum atomic E-state index is 12.8. The van der Waals surface area contributed by atoms with E-state index < -0.39 is 20.0 Å². The number of allylic oxidation sites excluding steroid dienone is 13. The molecular formula is C52H93N2O6P. The van der Waals surface area contributed by atoms with Crippen molar-refractivity contribution in [1.29, 1.82) is 0 Å². The minimum absolute atomic E-state index is 0.0672. The van der Waals surface area contributed by atoms with Gasteiger partial charge in [0.25, 0.3) is 0 Å². The van der Waals surface area contributed by atoms with Gasteiger partial charge in [-0.05, 0) is 83.5 Å². The Balaban J connectivity index is 4.21. The number of hydrogen-bond donors (Lipinski definition) is 4. The van der Waals surface area contributed by atoms with Crippen LogP contribution in [0.5, 0.6) is 0 Å². The quantitative estimate of drug-likeness (QED) is 0.0272. The molecule has 3 atom stereocenters. The Kier molecular flexibility index (Phi) is 45.4. The van der Waals surface area contributed by atoms with Crippen LogP contribution in [-0.4, -0.2) is 47.8 Å². The van der Waals surface area contributed by atoms with E-state index in [1.807, 2.05) is 6.08 Å². The number of rotatable bonds is 45. The molecule has 0 aromatic rings. The molecule has 5 N–H and O–H groups in total. The van der Waals surface area contributed by atoms with Gasteiger partial charge in [0.1, 0.15) is 0 Å². The van der Waals surface area contributed by atoms with Crippen molar-refractivity contribution in [1.82, 2.24) is 5.32 Å². The molecule has 0 aromatic carbocycles. The van der Waals surface area contributed by atoms with E-state index in [9.17, 15) is 19.4 Å². The van der Waals surface area contributed by atoms with Gasteiger partial charge in [-0.15, -0.1) is 0 Å². The second kappa shape index (κ2) is 47.2. The molecule has 0 aliphatic heterocycles. The molecular weight excluding hydrogens is 780 g/mol. The highest BCUT2D eigenvalue weighted by Gasteiger charge is 2.26.